The highest BCUT2D eigenvalue weighted by molar-refractivity contribution is 5.95. The topological polar surface area (TPSA) is 98.6 Å². The zero-order valence-corrected chi connectivity index (χ0v) is 17.5. The van der Waals surface area contributed by atoms with E-state index in [1.807, 2.05) is 18.2 Å². The molecule has 1 amide bonds. The summed E-state index contributed by atoms with van der Waals surface area (Å²) in [6, 6.07) is 15.6. The second kappa shape index (κ2) is 9.74. The molecule has 0 bridgehead atoms. The molecule has 1 aromatic heterocycles. The second-order valence-electron chi connectivity index (χ2n) is 7.88. The van der Waals surface area contributed by atoms with E-state index in [0.717, 1.165) is 31.4 Å². The summed E-state index contributed by atoms with van der Waals surface area (Å²) < 4.78 is 13.1. The smallest absolute Gasteiger partial charge is 0.274 e. The molecular weight excluding hydrogens is 411 g/mol. The summed E-state index contributed by atoms with van der Waals surface area (Å²) in [4.78, 5) is 23.4. The van der Waals surface area contributed by atoms with Gasteiger partial charge >= 0.3 is 0 Å². The number of carbonyl (C=O) groups excluding carboxylic acids is 1. The maximum Gasteiger partial charge on any atom is 0.274 e. The Labute approximate surface area is 185 Å². The van der Waals surface area contributed by atoms with Crippen molar-refractivity contribution in [1.82, 2.24) is 20.2 Å². The third-order valence-electron chi connectivity index (χ3n) is 5.60. The van der Waals surface area contributed by atoms with Crippen molar-refractivity contribution in [2.24, 2.45) is 0 Å². The average Bonchev–Trinajstić information content (AvgIpc) is 2.81. The summed E-state index contributed by atoms with van der Waals surface area (Å²) in [6.07, 6.45) is 2.80. The molecule has 1 aliphatic heterocycles. The van der Waals surface area contributed by atoms with Gasteiger partial charge in [0, 0.05) is 13.1 Å². The molecule has 0 radical (unpaired) electrons. The van der Waals surface area contributed by atoms with Gasteiger partial charge in [0.15, 0.2) is 11.5 Å². The number of hydrogen-bond acceptors (Lipinski definition) is 6. The number of piperidine rings is 1. The van der Waals surface area contributed by atoms with Crippen molar-refractivity contribution in [3.63, 3.8) is 0 Å². The van der Waals surface area contributed by atoms with Crippen LogP contribution in [0.4, 0.5) is 4.39 Å². The molecule has 0 saturated carbocycles. The first-order chi connectivity index (χ1) is 15.5. The maximum atomic E-state index is 13.1. The van der Waals surface area contributed by atoms with Gasteiger partial charge in [0.2, 0.25) is 5.75 Å². The number of halogens is 1. The van der Waals surface area contributed by atoms with E-state index in [-0.39, 0.29) is 24.1 Å². The highest BCUT2D eigenvalue weighted by Gasteiger charge is 2.29. The Morgan fingerprint density at radius 3 is 2.53 bits per heavy atom. The molecule has 166 valence electrons. The van der Waals surface area contributed by atoms with Crippen molar-refractivity contribution in [2.75, 3.05) is 6.54 Å². The molecule has 2 aromatic carbocycles. The lowest BCUT2D eigenvalue weighted by Crippen LogP contribution is -2.34. The van der Waals surface area contributed by atoms with Crippen LogP contribution in [-0.2, 0) is 13.1 Å². The molecule has 8 heteroatoms. The normalized spacial score (nSPS) is 16.6. The fraction of sp³-hybridized carbons (Fsp3) is 0.292. The number of rotatable bonds is 6. The Bertz CT molecular complexity index is 1080. The molecule has 1 unspecified atom stereocenters. The largest absolute Gasteiger partial charge is 0.501 e. The van der Waals surface area contributed by atoms with Gasteiger partial charge in [0.25, 0.3) is 11.8 Å². The Hall–Kier alpha value is -3.52. The minimum absolute atomic E-state index is 0.127. The van der Waals surface area contributed by atoms with Crippen LogP contribution in [0.3, 0.4) is 0 Å². The van der Waals surface area contributed by atoms with Gasteiger partial charge in [0.1, 0.15) is 5.82 Å². The van der Waals surface area contributed by atoms with E-state index >= 15 is 0 Å². The lowest BCUT2D eigenvalue weighted by molar-refractivity contribution is 0.0938. The zero-order valence-electron chi connectivity index (χ0n) is 17.5. The van der Waals surface area contributed by atoms with Crippen LogP contribution in [0.1, 0.15) is 52.7 Å². The molecule has 2 heterocycles. The van der Waals surface area contributed by atoms with Crippen molar-refractivity contribution in [3.8, 4) is 11.6 Å². The van der Waals surface area contributed by atoms with Crippen molar-refractivity contribution >= 4 is 5.91 Å². The third kappa shape index (κ3) is 5.03. The van der Waals surface area contributed by atoms with Crippen LogP contribution >= 0.6 is 0 Å². The van der Waals surface area contributed by atoms with E-state index in [4.69, 9.17) is 0 Å². The first-order valence-electron chi connectivity index (χ1n) is 10.6. The summed E-state index contributed by atoms with van der Waals surface area (Å²) in [6.45, 7) is 1.67. The highest BCUT2D eigenvalue weighted by atomic mass is 19.1. The molecule has 3 N–H and O–H groups in total. The number of aromatic nitrogens is 2. The number of nitrogens with zero attached hydrogens (tertiary/aromatic N) is 3. The van der Waals surface area contributed by atoms with Crippen molar-refractivity contribution in [2.45, 2.75) is 38.4 Å². The van der Waals surface area contributed by atoms with E-state index in [0.29, 0.717) is 17.9 Å². The Kier molecular flexibility index (Phi) is 6.61. The standard InChI is InChI=1S/C24H25FN4O3/c25-18-11-9-16(10-12-18)14-26-23(31)20-21(30)24(32)28-22(27-20)19-8-4-5-13-29(19)15-17-6-2-1-3-7-17/h1-3,6-7,9-12,19,30H,4-5,8,13-15H2,(H,26,31)(H,27,28,32). The molecule has 7 nitrogen and oxygen atoms in total. The first kappa shape index (κ1) is 21.7. The number of amides is 1. The van der Waals surface area contributed by atoms with E-state index in [2.05, 4.69) is 32.3 Å². The van der Waals surface area contributed by atoms with E-state index in [1.165, 1.54) is 12.1 Å². The summed E-state index contributed by atoms with van der Waals surface area (Å²) >= 11 is 0. The molecule has 0 spiro atoms. The number of benzene rings is 2. The summed E-state index contributed by atoms with van der Waals surface area (Å²) in [5, 5.41) is 23.1. The average molecular weight is 436 g/mol. The zero-order chi connectivity index (χ0) is 22.5. The fourth-order valence-corrected chi connectivity index (χ4v) is 3.93. The molecule has 3 aromatic rings. The van der Waals surface area contributed by atoms with Crippen LogP contribution in [0.2, 0.25) is 0 Å². The molecule has 1 saturated heterocycles. The first-order valence-corrected chi connectivity index (χ1v) is 10.6. The van der Waals surface area contributed by atoms with Gasteiger partial charge in [-0.05, 0) is 42.6 Å². The van der Waals surface area contributed by atoms with Crippen LogP contribution in [-0.4, -0.2) is 37.5 Å². The maximum absolute atomic E-state index is 13.1. The molecule has 1 atom stereocenters. The number of nitrogens with one attached hydrogen (secondary N) is 1. The highest BCUT2D eigenvalue weighted by Crippen LogP contribution is 2.34. The van der Waals surface area contributed by atoms with E-state index in [9.17, 15) is 19.4 Å². The minimum atomic E-state index is -0.657. The predicted octanol–water partition coefficient (Wildman–Crippen LogP) is 3.68. The molecule has 1 aliphatic rings. The van der Waals surface area contributed by atoms with Gasteiger partial charge in [-0.3, -0.25) is 9.69 Å². The minimum Gasteiger partial charge on any atom is -0.501 e. The van der Waals surface area contributed by atoms with E-state index in [1.54, 1.807) is 12.1 Å². The number of likely N-dealkylation sites (tertiary alicyclic amines) is 1. The SMILES string of the molecule is O=C(NCc1ccc(F)cc1)c1nc(C2CCCCN2Cc2ccccc2)nc(O)c1O. The molecule has 32 heavy (non-hydrogen) atoms. The van der Waals surface area contributed by atoms with Crippen molar-refractivity contribution in [3.05, 3.63) is 83.1 Å². The number of hydrogen-bond donors (Lipinski definition) is 3. The quantitative estimate of drug-likeness (QED) is 0.545. The van der Waals surface area contributed by atoms with Crippen LogP contribution < -0.4 is 5.32 Å². The fourth-order valence-electron chi connectivity index (χ4n) is 3.93. The van der Waals surface area contributed by atoms with Crippen molar-refractivity contribution < 1.29 is 19.4 Å². The van der Waals surface area contributed by atoms with Gasteiger partial charge < -0.3 is 15.5 Å². The number of carbonyl (C=O) groups is 1. The molecule has 4 rings (SSSR count). The second-order valence-corrected chi connectivity index (χ2v) is 7.88. The van der Waals surface area contributed by atoms with Crippen LogP contribution in [0.15, 0.2) is 54.6 Å². The van der Waals surface area contributed by atoms with Gasteiger partial charge in [-0.1, -0.05) is 48.9 Å². The van der Waals surface area contributed by atoms with Gasteiger partial charge in [-0.2, -0.15) is 4.98 Å². The molecular formula is C24H25FN4O3. The van der Waals surface area contributed by atoms with Crippen LogP contribution in [0, 0.1) is 5.82 Å². The summed E-state index contributed by atoms with van der Waals surface area (Å²) in [7, 11) is 0. The Morgan fingerprint density at radius 1 is 1.03 bits per heavy atom. The Balaban J connectivity index is 1.54. The third-order valence-corrected chi connectivity index (χ3v) is 5.60. The molecule has 0 aliphatic carbocycles. The van der Waals surface area contributed by atoms with Crippen LogP contribution in [0.25, 0.3) is 0 Å². The van der Waals surface area contributed by atoms with Gasteiger partial charge in [-0.15, -0.1) is 0 Å². The lowest BCUT2D eigenvalue weighted by atomic mass is 10.00. The summed E-state index contributed by atoms with van der Waals surface area (Å²) in [5.74, 6) is -1.97. The van der Waals surface area contributed by atoms with E-state index < -0.39 is 17.5 Å². The van der Waals surface area contributed by atoms with Crippen LogP contribution in [0.5, 0.6) is 11.6 Å². The predicted molar refractivity (Wildman–Crippen MR) is 116 cm³/mol. The van der Waals surface area contributed by atoms with Gasteiger partial charge in [0.05, 0.1) is 6.04 Å². The lowest BCUT2D eigenvalue weighted by Gasteiger charge is -2.34. The molecule has 1 fully saturated rings. The number of aromatic hydroxyl groups is 2. The summed E-state index contributed by atoms with van der Waals surface area (Å²) in [5.41, 5.74) is 1.57. The monoisotopic (exact) mass is 436 g/mol. The Morgan fingerprint density at radius 2 is 1.78 bits per heavy atom. The van der Waals surface area contributed by atoms with Gasteiger partial charge in [-0.25, -0.2) is 9.37 Å². The van der Waals surface area contributed by atoms with Crippen molar-refractivity contribution in [1.29, 1.82) is 0 Å².